The first-order chi connectivity index (χ1) is 14.2. The molecule has 6 nitrogen and oxygen atoms in total. The molecule has 0 saturated carbocycles. The van der Waals surface area contributed by atoms with Gasteiger partial charge in [0.15, 0.2) is 11.6 Å². The maximum absolute atomic E-state index is 13.2. The number of piperazine rings is 1. The van der Waals surface area contributed by atoms with Gasteiger partial charge < -0.3 is 15.1 Å². The van der Waals surface area contributed by atoms with Crippen LogP contribution in [0, 0.1) is 5.82 Å². The molecule has 1 aliphatic rings. The van der Waals surface area contributed by atoms with Crippen LogP contribution in [0.25, 0.3) is 0 Å². The molecule has 148 valence electrons. The van der Waals surface area contributed by atoms with Crippen molar-refractivity contribution in [1.29, 1.82) is 0 Å². The maximum atomic E-state index is 13.2. The number of hydrogen-bond acceptors (Lipinski definition) is 5. The van der Waals surface area contributed by atoms with Gasteiger partial charge in [-0.2, -0.15) is 0 Å². The Morgan fingerprint density at radius 3 is 2.34 bits per heavy atom. The normalized spacial score (nSPS) is 14.0. The number of carbonyl (C=O) groups excluding carboxylic acids is 1. The zero-order chi connectivity index (χ0) is 20.1. The second-order valence-electron chi connectivity index (χ2n) is 6.94. The van der Waals surface area contributed by atoms with E-state index in [2.05, 4.69) is 49.6 Å². The fourth-order valence-corrected chi connectivity index (χ4v) is 3.41. The van der Waals surface area contributed by atoms with Gasteiger partial charge in [0.05, 0.1) is 6.42 Å². The molecule has 1 amide bonds. The molecular formula is C22H22FN5O. The predicted molar refractivity (Wildman–Crippen MR) is 112 cm³/mol. The molecule has 1 aliphatic heterocycles. The van der Waals surface area contributed by atoms with Crippen LogP contribution < -0.4 is 15.1 Å². The number of rotatable bonds is 5. The Bertz CT molecular complexity index is 956. The summed E-state index contributed by atoms with van der Waals surface area (Å²) in [6.45, 7) is 3.54. The Labute approximate surface area is 169 Å². The number of hydrogen-bond donors (Lipinski definition) is 1. The van der Waals surface area contributed by atoms with Crippen molar-refractivity contribution in [2.45, 2.75) is 6.42 Å². The molecule has 2 heterocycles. The van der Waals surface area contributed by atoms with Crippen molar-refractivity contribution < 1.29 is 9.18 Å². The summed E-state index contributed by atoms with van der Waals surface area (Å²) >= 11 is 0. The number of amides is 1. The number of halogens is 1. The molecule has 1 aromatic heterocycles. The van der Waals surface area contributed by atoms with Gasteiger partial charge >= 0.3 is 0 Å². The molecule has 0 unspecified atom stereocenters. The first-order valence-electron chi connectivity index (χ1n) is 9.60. The van der Waals surface area contributed by atoms with Crippen LogP contribution in [0.5, 0.6) is 0 Å². The van der Waals surface area contributed by atoms with E-state index in [0.717, 1.165) is 32.0 Å². The first-order valence-corrected chi connectivity index (χ1v) is 9.60. The van der Waals surface area contributed by atoms with Gasteiger partial charge in [-0.1, -0.05) is 30.3 Å². The lowest BCUT2D eigenvalue weighted by atomic mass is 10.1. The van der Waals surface area contributed by atoms with E-state index < -0.39 is 0 Å². The van der Waals surface area contributed by atoms with Crippen molar-refractivity contribution in [3.05, 3.63) is 78.1 Å². The summed E-state index contributed by atoms with van der Waals surface area (Å²) in [7, 11) is 0. The monoisotopic (exact) mass is 391 g/mol. The molecule has 0 aliphatic carbocycles. The van der Waals surface area contributed by atoms with Crippen LogP contribution in [-0.2, 0) is 11.2 Å². The Morgan fingerprint density at radius 2 is 1.66 bits per heavy atom. The molecule has 3 aromatic rings. The largest absolute Gasteiger partial charge is 0.368 e. The fraction of sp³-hybridized carbons (Fsp3) is 0.227. The molecule has 0 atom stereocenters. The van der Waals surface area contributed by atoms with Gasteiger partial charge in [0.2, 0.25) is 5.91 Å². The highest BCUT2D eigenvalue weighted by Crippen LogP contribution is 2.19. The number of aromatic nitrogens is 2. The van der Waals surface area contributed by atoms with E-state index in [9.17, 15) is 9.18 Å². The van der Waals surface area contributed by atoms with Crippen LogP contribution in [0.4, 0.5) is 21.7 Å². The topological polar surface area (TPSA) is 61.4 Å². The lowest BCUT2D eigenvalue weighted by Gasteiger charge is -2.36. The molecule has 7 heteroatoms. The van der Waals surface area contributed by atoms with Gasteiger partial charge in [-0.15, -0.1) is 10.2 Å². The number of benzene rings is 2. The highest BCUT2D eigenvalue weighted by Gasteiger charge is 2.18. The molecule has 1 N–H and O–H groups in total. The first kappa shape index (κ1) is 18.9. The molecule has 1 saturated heterocycles. The smallest absolute Gasteiger partial charge is 0.229 e. The van der Waals surface area contributed by atoms with E-state index in [0.29, 0.717) is 11.4 Å². The summed E-state index contributed by atoms with van der Waals surface area (Å²) in [5, 5.41) is 11.1. The van der Waals surface area contributed by atoms with Crippen molar-refractivity contribution in [3.8, 4) is 0 Å². The van der Waals surface area contributed by atoms with E-state index in [1.807, 2.05) is 12.1 Å². The van der Waals surface area contributed by atoms with Crippen molar-refractivity contribution in [2.75, 3.05) is 41.3 Å². The van der Waals surface area contributed by atoms with Crippen LogP contribution in [-0.4, -0.2) is 42.3 Å². The van der Waals surface area contributed by atoms with Crippen LogP contribution in [0.1, 0.15) is 5.56 Å². The predicted octanol–water partition coefficient (Wildman–Crippen LogP) is 3.12. The zero-order valence-electron chi connectivity index (χ0n) is 16.0. The van der Waals surface area contributed by atoms with Gasteiger partial charge in [-0.05, 0) is 42.0 Å². The summed E-state index contributed by atoms with van der Waals surface area (Å²) in [5.74, 6) is 0.569. The van der Waals surface area contributed by atoms with Gasteiger partial charge in [0.25, 0.3) is 0 Å². The summed E-state index contributed by atoms with van der Waals surface area (Å²) in [6.07, 6.45) is 0.0859. The number of para-hydroxylation sites is 1. The quantitative estimate of drug-likeness (QED) is 0.724. The summed E-state index contributed by atoms with van der Waals surface area (Å²) < 4.78 is 13.2. The molecule has 2 aromatic carbocycles. The number of carbonyl (C=O) groups is 1. The molecule has 4 rings (SSSR count). The molecule has 29 heavy (non-hydrogen) atoms. The Hall–Kier alpha value is -3.48. The number of nitrogens with zero attached hydrogens (tertiary/aromatic N) is 4. The van der Waals surface area contributed by atoms with Gasteiger partial charge in [-0.25, -0.2) is 4.39 Å². The van der Waals surface area contributed by atoms with Crippen LogP contribution in [0.3, 0.4) is 0 Å². The minimum Gasteiger partial charge on any atom is -0.368 e. The van der Waals surface area contributed by atoms with Gasteiger partial charge in [0.1, 0.15) is 5.82 Å². The van der Waals surface area contributed by atoms with Gasteiger partial charge in [-0.3, -0.25) is 4.79 Å². The number of anilines is 3. The number of nitrogens with one attached hydrogen (secondary N) is 1. The van der Waals surface area contributed by atoms with E-state index in [4.69, 9.17) is 0 Å². The third-order valence-corrected chi connectivity index (χ3v) is 4.90. The van der Waals surface area contributed by atoms with Crippen LogP contribution >= 0.6 is 0 Å². The third-order valence-electron chi connectivity index (χ3n) is 4.90. The summed E-state index contributed by atoms with van der Waals surface area (Å²) in [6, 6.07) is 20.0. The second kappa shape index (κ2) is 8.68. The lowest BCUT2D eigenvalue weighted by Crippen LogP contribution is -2.46. The van der Waals surface area contributed by atoms with Crippen molar-refractivity contribution in [2.24, 2.45) is 0 Å². The SMILES string of the molecule is O=C(Cc1cccc(F)c1)Nc1ccc(N2CCN(c3ccccc3)CC2)nn1. The molecule has 0 radical (unpaired) electrons. The highest BCUT2D eigenvalue weighted by atomic mass is 19.1. The zero-order valence-corrected chi connectivity index (χ0v) is 16.0. The molecule has 1 fully saturated rings. The van der Waals surface area contributed by atoms with E-state index in [1.54, 1.807) is 18.2 Å². The van der Waals surface area contributed by atoms with E-state index in [1.165, 1.54) is 17.8 Å². The second-order valence-corrected chi connectivity index (χ2v) is 6.94. The molecule has 0 bridgehead atoms. The molecular weight excluding hydrogens is 369 g/mol. The van der Waals surface area contributed by atoms with Crippen LogP contribution in [0.15, 0.2) is 66.7 Å². The third kappa shape index (κ3) is 4.87. The van der Waals surface area contributed by atoms with Crippen molar-refractivity contribution in [3.63, 3.8) is 0 Å². The van der Waals surface area contributed by atoms with Crippen molar-refractivity contribution in [1.82, 2.24) is 10.2 Å². The minimum absolute atomic E-state index is 0.0859. The van der Waals surface area contributed by atoms with E-state index >= 15 is 0 Å². The Kier molecular flexibility index (Phi) is 5.65. The molecule has 0 spiro atoms. The fourth-order valence-electron chi connectivity index (χ4n) is 3.41. The lowest BCUT2D eigenvalue weighted by molar-refractivity contribution is -0.115. The Balaban J connectivity index is 1.31. The standard InChI is InChI=1S/C22H22FN5O/c23-18-6-4-5-17(15-18)16-22(29)24-20-9-10-21(26-25-20)28-13-11-27(12-14-28)19-7-2-1-3-8-19/h1-10,15H,11-14,16H2,(H,24,25,29). The van der Waals surface area contributed by atoms with Crippen LogP contribution in [0.2, 0.25) is 0 Å². The van der Waals surface area contributed by atoms with Crippen molar-refractivity contribution >= 4 is 23.2 Å². The summed E-state index contributed by atoms with van der Waals surface area (Å²) in [5.41, 5.74) is 1.85. The average molecular weight is 391 g/mol. The maximum Gasteiger partial charge on any atom is 0.229 e. The highest BCUT2D eigenvalue weighted by molar-refractivity contribution is 5.91. The Morgan fingerprint density at radius 1 is 0.897 bits per heavy atom. The average Bonchev–Trinajstić information content (AvgIpc) is 2.75. The van der Waals surface area contributed by atoms with E-state index in [-0.39, 0.29) is 18.1 Å². The minimum atomic E-state index is -0.355. The van der Waals surface area contributed by atoms with Gasteiger partial charge in [0, 0.05) is 31.9 Å². The summed E-state index contributed by atoms with van der Waals surface area (Å²) in [4.78, 5) is 16.7.